The number of benzene rings is 11. The second-order valence-electron chi connectivity index (χ2n) is 16.0. The van der Waals surface area contributed by atoms with E-state index >= 15 is 0 Å². The van der Waals surface area contributed by atoms with Crippen molar-refractivity contribution in [3.8, 4) is 44.5 Å². The van der Waals surface area contributed by atoms with Crippen molar-refractivity contribution in [2.24, 2.45) is 0 Å². The Balaban J connectivity index is 1.07. The summed E-state index contributed by atoms with van der Waals surface area (Å²) in [6, 6.07) is 86.7. The molecule has 12 rings (SSSR count). The zero-order valence-corrected chi connectivity index (χ0v) is 34.7. The molecule has 0 saturated heterocycles. The molecule has 0 atom stereocenters. The Bertz CT molecular complexity index is 3600. The third-order valence-electron chi connectivity index (χ3n) is 12.5. The molecular weight excluding hydrogens is 767 g/mol. The number of hydrogen-bond donors (Lipinski definition) is 0. The molecule has 0 saturated carbocycles. The smallest absolute Gasteiger partial charge is 0.0468 e. The molecular formula is C60H39NS. The van der Waals surface area contributed by atoms with Crippen LogP contribution in [0.25, 0.3) is 97.0 Å². The predicted octanol–water partition coefficient (Wildman–Crippen LogP) is 17.7. The van der Waals surface area contributed by atoms with Crippen LogP contribution in [0, 0.1) is 0 Å². The molecule has 1 heterocycles. The van der Waals surface area contributed by atoms with Gasteiger partial charge in [-0.05, 0) is 119 Å². The van der Waals surface area contributed by atoms with E-state index in [0.29, 0.717) is 0 Å². The van der Waals surface area contributed by atoms with Gasteiger partial charge in [-0.25, -0.2) is 0 Å². The molecule has 0 radical (unpaired) electrons. The van der Waals surface area contributed by atoms with Crippen LogP contribution in [-0.2, 0) is 0 Å². The maximum Gasteiger partial charge on any atom is 0.0468 e. The molecule has 0 aliphatic heterocycles. The van der Waals surface area contributed by atoms with Gasteiger partial charge in [0.2, 0.25) is 0 Å². The molecule has 62 heavy (non-hydrogen) atoms. The summed E-state index contributed by atoms with van der Waals surface area (Å²) in [6.07, 6.45) is 0. The first-order valence-electron chi connectivity index (χ1n) is 21.3. The molecule has 0 spiro atoms. The molecule has 0 amide bonds. The molecule has 12 aromatic rings. The van der Waals surface area contributed by atoms with Crippen LogP contribution in [0.5, 0.6) is 0 Å². The zero-order chi connectivity index (χ0) is 41.0. The van der Waals surface area contributed by atoms with Crippen LogP contribution < -0.4 is 4.90 Å². The summed E-state index contributed by atoms with van der Waals surface area (Å²) < 4.78 is 2.64. The van der Waals surface area contributed by atoms with Crippen LogP contribution in [0.2, 0.25) is 0 Å². The van der Waals surface area contributed by atoms with Gasteiger partial charge < -0.3 is 4.90 Å². The summed E-state index contributed by atoms with van der Waals surface area (Å²) in [5.74, 6) is 0. The number of anilines is 3. The van der Waals surface area contributed by atoms with Gasteiger partial charge in [0, 0.05) is 37.2 Å². The lowest BCUT2D eigenvalue weighted by atomic mass is 9.85. The van der Waals surface area contributed by atoms with E-state index in [1.807, 2.05) is 11.3 Å². The summed E-state index contributed by atoms with van der Waals surface area (Å²) in [4.78, 5) is 2.42. The van der Waals surface area contributed by atoms with Gasteiger partial charge in [-0.1, -0.05) is 194 Å². The maximum absolute atomic E-state index is 2.42. The van der Waals surface area contributed by atoms with Gasteiger partial charge in [-0.15, -0.1) is 11.3 Å². The number of fused-ring (bicyclic) bond motifs is 7. The van der Waals surface area contributed by atoms with Crippen molar-refractivity contribution in [2.75, 3.05) is 4.90 Å². The highest BCUT2D eigenvalue weighted by Gasteiger charge is 2.21. The van der Waals surface area contributed by atoms with E-state index in [4.69, 9.17) is 0 Å². The van der Waals surface area contributed by atoms with Crippen molar-refractivity contribution >= 4 is 80.9 Å². The molecule has 290 valence electrons. The van der Waals surface area contributed by atoms with Crippen LogP contribution in [0.4, 0.5) is 17.1 Å². The van der Waals surface area contributed by atoms with Gasteiger partial charge in [-0.3, -0.25) is 0 Å². The van der Waals surface area contributed by atoms with E-state index in [-0.39, 0.29) is 0 Å². The Morgan fingerprint density at radius 3 is 1.47 bits per heavy atom. The molecule has 2 heteroatoms. The summed E-state index contributed by atoms with van der Waals surface area (Å²) in [6.45, 7) is 0. The number of hydrogen-bond acceptors (Lipinski definition) is 2. The minimum absolute atomic E-state index is 1.10. The Kier molecular flexibility index (Phi) is 8.76. The average molecular weight is 806 g/mol. The quantitative estimate of drug-likeness (QED) is 0.145. The molecule has 0 fully saturated rings. The van der Waals surface area contributed by atoms with Crippen molar-refractivity contribution in [1.29, 1.82) is 0 Å². The molecule has 0 N–H and O–H groups in total. The van der Waals surface area contributed by atoms with Gasteiger partial charge in [0.25, 0.3) is 0 Å². The van der Waals surface area contributed by atoms with E-state index in [1.165, 1.54) is 97.0 Å². The highest BCUT2D eigenvalue weighted by molar-refractivity contribution is 7.26. The number of rotatable bonds is 7. The van der Waals surface area contributed by atoms with E-state index in [0.717, 1.165) is 17.1 Å². The third kappa shape index (κ3) is 6.07. The topological polar surface area (TPSA) is 3.24 Å². The van der Waals surface area contributed by atoms with E-state index < -0.39 is 0 Å². The van der Waals surface area contributed by atoms with Crippen LogP contribution >= 0.6 is 11.3 Å². The van der Waals surface area contributed by atoms with E-state index in [2.05, 4.69) is 241 Å². The number of nitrogens with zero attached hydrogens (tertiary/aromatic N) is 1. The Labute approximate surface area is 365 Å². The van der Waals surface area contributed by atoms with Crippen LogP contribution in [0.1, 0.15) is 0 Å². The fourth-order valence-electron chi connectivity index (χ4n) is 9.61. The largest absolute Gasteiger partial charge is 0.310 e. The summed E-state index contributed by atoms with van der Waals surface area (Å²) in [7, 11) is 0. The fraction of sp³-hybridized carbons (Fsp3) is 0. The first-order valence-corrected chi connectivity index (χ1v) is 22.1. The maximum atomic E-state index is 2.42. The molecule has 1 nitrogen and oxygen atoms in total. The zero-order valence-electron chi connectivity index (χ0n) is 33.9. The van der Waals surface area contributed by atoms with Crippen molar-refractivity contribution in [2.45, 2.75) is 0 Å². The van der Waals surface area contributed by atoms with Crippen molar-refractivity contribution in [3.63, 3.8) is 0 Å². The van der Waals surface area contributed by atoms with Crippen molar-refractivity contribution < 1.29 is 0 Å². The van der Waals surface area contributed by atoms with Crippen LogP contribution in [0.15, 0.2) is 237 Å². The average Bonchev–Trinajstić information content (AvgIpc) is 3.74. The SMILES string of the molecule is c1ccc(-c2c(-c3ccccc3)c3cc(N(c4ccc(-c5cccc6ccccc56)cc4)c4ccc(-c5cccc6c5sc5ccccc56)cc4)ccc3c3ccccc23)cc1. The third-order valence-corrected chi connectivity index (χ3v) is 13.7. The Morgan fingerprint density at radius 2 is 0.758 bits per heavy atom. The van der Waals surface area contributed by atoms with Gasteiger partial charge in [0.15, 0.2) is 0 Å². The minimum Gasteiger partial charge on any atom is -0.310 e. The van der Waals surface area contributed by atoms with Gasteiger partial charge >= 0.3 is 0 Å². The van der Waals surface area contributed by atoms with Gasteiger partial charge in [0.1, 0.15) is 0 Å². The monoisotopic (exact) mass is 805 g/mol. The highest BCUT2D eigenvalue weighted by atomic mass is 32.1. The minimum atomic E-state index is 1.10. The van der Waals surface area contributed by atoms with E-state index in [9.17, 15) is 0 Å². The van der Waals surface area contributed by atoms with Crippen LogP contribution in [-0.4, -0.2) is 0 Å². The molecule has 1 aromatic heterocycles. The second-order valence-corrected chi connectivity index (χ2v) is 17.0. The van der Waals surface area contributed by atoms with Crippen molar-refractivity contribution in [3.05, 3.63) is 237 Å². The predicted molar refractivity (Wildman–Crippen MR) is 268 cm³/mol. The lowest BCUT2D eigenvalue weighted by Gasteiger charge is -2.27. The van der Waals surface area contributed by atoms with Crippen LogP contribution in [0.3, 0.4) is 0 Å². The molecule has 0 bridgehead atoms. The summed E-state index contributed by atoms with van der Waals surface area (Å²) in [5, 5.41) is 10.1. The lowest BCUT2D eigenvalue weighted by molar-refractivity contribution is 1.29. The van der Waals surface area contributed by atoms with Gasteiger partial charge in [-0.2, -0.15) is 0 Å². The van der Waals surface area contributed by atoms with Crippen molar-refractivity contribution in [1.82, 2.24) is 0 Å². The summed E-state index contributed by atoms with van der Waals surface area (Å²) >= 11 is 1.88. The lowest BCUT2D eigenvalue weighted by Crippen LogP contribution is -2.10. The first kappa shape index (κ1) is 36.1. The highest BCUT2D eigenvalue weighted by Crippen LogP contribution is 2.47. The normalized spacial score (nSPS) is 11.5. The Hall–Kier alpha value is -7.78. The standard InChI is InChI=1S/C60H39NS/c1-3-16-43(17-4-1)58-54-24-10-9-22-51(54)52-38-37-47(39-56(52)59(58)44-18-5-2-6-19-44)61(45-33-29-41(30-34-45)49-25-13-20-40-15-7-8-21-48(40)49)46-35-31-42(32-36-46)50-26-14-27-55-53-23-11-12-28-57(53)62-60(50)55/h1-39H. The molecule has 0 aliphatic carbocycles. The fourth-order valence-corrected chi connectivity index (χ4v) is 10.8. The summed E-state index contributed by atoms with van der Waals surface area (Å²) in [5.41, 5.74) is 13.1. The first-order chi connectivity index (χ1) is 30.8. The van der Waals surface area contributed by atoms with E-state index in [1.54, 1.807) is 0 Å². The number of thiophene rings is 1. The molecule has 0 aliphatic rings. The molecule has 0 unspecified atom stereocenters. The van der Waals surface area contributed by atoms with Gasteiger partial charge in [0.05, 0.1) is 0 Å². The second kappa shape index (κ2) is 15.0. The Morgan fingerprint density at radius 1 is 0.274 bits per heavy atom. The molecule has 11 aromatic carbocycles.